The quantitative estimate of drug-likeness (QED) is 0.151. The smallest absolute Gasteiger partial charge is 0.251 e. The molecule has 1 N–H and O–H groups in total. The Morgan fingerprint density at radius 3 is 2.10 bits per heavy atom. The summed E-state index contributed by atoms with van der Waals surface area (Å²) in [6, 6.07) is 13.3. The highest BCUT2D eigenvalue weighted by atomic mass is 19.3. The van der Waals surface area contributed by atoms with Crippen LogP contribution in [0.25, 0.3) is 10.9 Å². The zero-order chi connectivity index (χ0) is 36.1. The number of rotatable bonds is 8. The molecule has 52 heavy (non-hydrogen) atoms. The van der Waals surface area contributed by atoms with Crippen LogP contribution in [0.2, 0.25) is 0 Å². The highest BCUT2D eigenvalue weighted by molar-refractivity contribution is 5.91. The van der Waals surface area contributed by atoms with Gasteiger partial charge in [0.1, 0.15) is 11.6 Å². The van der Waals surface area contributed by atoms with E-state index in [1.807, 2.05) is 41.3 Å². The Labute approximate surface area is 300 Å². The van der Waals surface area contributed by atoms with Gasteiger partial charge in [0, 0.05) is 78.0 Å². The van der Waals surface area contributed by atoms with Gasteiger partial charge in [0.2, 0.25) is 5.91 Å². The first-order valence-electron chi connectivity index (χ1n) is 18.4. The molecule has 3 aliphatic heterocycles. The van der Waals surface area contributed by atoms with Crippen molar-refractivity contribution in [2.75, 3.05) is 26.2 Å². The van der Waals surface area contributed by atoms with Gasteiger partial charge in [0.25, 0.3) is 6.43 Å². The van der Waals surface area contributed by atoms with E-state index in [1.165, 1.54) is 17.0 Å². The number of hydrogen-bond acceptors (Lipinski definition) is 5. The van der Waals surface area contributed by atoms with Crippen LogP contribution in [-0.4, -0.2) is 76.8 Å². The second-order valence-electron chi connectivity index (χ2n) is 15.0. The third-order valence-electron chi connectivity index (χ3n) is 12.1. The van der Waals surface area contributed by atoms with E-state index < -0.39 is 30.6 Å². The van der Waals surface area contributed by atoms with E-state index >= 15 is 8.78 Å². The van der Waals surface area contributed by atoms with Gasteiger partial charge in [-0.1, -0.05) is 18.2 Å². The van der Waals surface area contributed by atoms with Crippen molar-refractivity contribution < 1.29 is 31.9 Å². The fourth-order valence-corrected chi connectivity index (χ4v) is 9.45. The Hall–Kier alpha value is -4.35. The fraction of sp³-hybridized carbons (Fsp3) is 0.439. The number of nitrogens with one attached hydrogen (secondary N) is 1. The molecule has 0 bridgehead atoms. The van der Waals surface area contributed by atoms with E-state index in [-0.39, 0.29) is 29.9 Å². The van der Waals surface area contributed by atoms with Crippen LogP contribution in [0, 0.1) is 17.6 Å². The Bertz CT molecular complexity index is 1950. The van der Waals surface area contributed by atoms with Crippen LogP contribution in [0.5, 0.6) is 0 Å². The van der Waals surface area contributed by atoms with Gasteiger partial charge in [-0.05, 0) is 103 Å². The molecule has 1 amide bonds. The summed E-state index contributed by atoms with van der Waals surface area (Å²) < 4.78 is 59.5. The molecule has 1 aliphatic carbocycles. The van der Waals surface area contributed by atoms with E-state index in [1.54, 1.807) is 0 Å². The first-order chi connectivity index (χ1) is 25.2. The van der Waals surface area contributed by atoms with Gasteiger partial charge < -0.3 is 9.88 Å². The van der Waals surface area contributed by atoms with Gasteiger partial charge in [-0.25, -0.2) is 17.6 Å². The zero-order valence-electron chi connectivity index (χ0n) is 28.9. The summed E-state index contributed by atoms with van der Waals surface area (Å²) in [7, 11) is 0. The highest BCUT2D eigenvalue weighted by Crippen LogP contribution is 2.42. The predicted octanol–water partition coefficient (Wildman–Crippen LogP) is 7.56. The molecule has 1 saturated heterocycles. The van der Waals surface area contributed by atoms with Crippen LogP contribution in [0.1, 0.15) is 105 Å². The van der Waals surface area contributed by atoms with Gasteiger partial charge in [0.05, 0.1) is 12.6 Å². The van der Waals surface area contributed by atoms with Crippen LogP contribution in [0.4, 0.5) is 17.6 Å². The predicted molar refractivity (Wildman–Crippen MR) is 189 cm³/mol. The van der Waals surface area contributed by atoms with Crippen molar-refractivity contribution in [2.45, 2.75) is 82.5 Å². The summed E-state index contributed by atoms with van der Waals surface area (Å²) in [6.07, 6.45) is 3.84. The van der Waals surface area contributed by atoms with Crippen molar-refractivity contribution >= 4 is 29.4 Å². The van der Waals surface area contributed by atoms with E-state index in [4.69, 9.17) is 0 Å². The molecule has 0 spiro atoms. The van der Waals surface area contributed by atoms with Crippen LogP contribution >= 0.6 is 0 Å². The number of amides is 1. The monoisotopic (exact) mass is 714 g/mol. The topological polar surface area (TPSA) is 76.7 Å². The number of carbonyl (C=O) groups is 3. The van der Waals surface area contributed by atoms with Crippen LogP contribution < -0.4 is 0 Å². The number of nitrogens with zero attached hydrogens (tertiary/aromatic N) is 3. The summed E-state index contributed by atoms with van der Waals surface area (Å²) in [6.45, 7) is 2.15. The summed E-state index contributed by atoms with van der Waals surface area (Å²) in [5.41, 5.74) is 5.60. The van der Waals surface area contributed by atoms with Crippen LogP contribution in [-0.2, 0) is 24.3 Å². The molecule has 0 radical (unpaired) electrons. The number of fused-ring (bicyclic) bond motifs is 4. The number of likely N-dealkylation sites (tertiary alicyclic amines) is 1. The van der Waals surface area contributed by atoms with Crippen molar-refractivity contribution in [3.05, 3.63) is 105 Å². The first kappa shape index (κ1) is 34.7. The average Bonchev–Trinajstić information content (AvgIpc) is 3.75. The van der Waals surface area contributed by atoms with Gasteiger partial charge in [0.15, 0.2) is 12.6 Å². The molecule has 4 aliphatic rings. The number of aromatic amines is 1. The van der Waals surface area contributed by atoms with Crippen molar-refractivity contribution in [1.82, 2.24) is 19.7 Å². The number of halogens is 4. The Morgan fingerprint density at radius 1 is 0.846 bits per heavy atom. The molecule has 1 aromatic heterocycles. The standard InChI is InChI=1S/C41H42F4N4O3/c42-34-17-26(18-35(43)38(34)40-39-33(11-14-48(40)21-37(44)45)32-3-1-2-4-36(32)46-39)24-9-12-47(13-10-24)41(52)25-5-7-31(8-6-25)49-19-27-15-29(22-50)30(23-51)16-28(27)20-49/h1-4,15-18,22-25,31,37,40,46H,5-14,19-21H2. The molecule has 3 aromatic carbocycles. The largest absolute Gasteiger partial charge is 0.357 e. The number of aldehydes is 2. The average molecular weight is 715 g/mol. The molecule has 1 unspecified atom stereocenters. The van der Waals surface area contributed by atoms with Crippen molar-refractivity contribution in [3.63, 3.8) is 0 Å². The lowest BCUT2D eigenvalue weighted by molar-refractivity contribution is -0.138. The molecule has 4 heterocycles. The number of alkyl halides is 2. The van der Waals surface area contributed by atoms with Crippen molar-refractivity contribution in [3.8, 4) is 0 Å². The maximum absolute atomic E-state index is 16.1. The van der Waals surface area contributed by atoms with Gasteiger partial charge in [-0.3, -0.25) is 24.2 Å². The Morgan fingerprint density at radius 2 is 1.48 bits per heavy atom. The van der Waals surface area contributed by atoms with E-state index in [0.29, 0.717) is 60.8 Å². The summed E-state index contributed by atoms with van der Waals surface area (Å²) in [4.78, 5) is 45.5. The number of aromatic nitrogens is 1. The lowest BCUT2D eigenvalue weighted by Crippen LogP contribution is -2.44. The third-order valence-corrected chi connectivity index (χ3v) is 12.1. The molecule has 8 rings (SSSR count). The number of H-pyrrole nitrogens is 1. The number of para-hydroxylation sites is 1. The van der Waals surface area contributed by atoms with E-state index in [9.17, 15) is 23.2 Å². The maximum Gasteiger partial charge on any atom is 0.251 e. The van der Waals surface area contributed by atoms with Gasteiger partial charge >= 0.3 is 0 Å². The van der Waals surface area contributed by atoms with Gasteiger partial charge in [-0.15, -0.1) is 0 Å². The fourth-order valence-electron chi connectivity index (χ4n) is 9.45. The Kier molecular flexibility index (Phi) is 9.50. The third kappa shape index (κ3) is 6.36. The molecule has 4 aromatic rings. The lowest BCUT2D eigenvalue weighted by Gasteiger charge is -2.38. The lowest BCUT2D eigenvalue weighted by atomic mass is 9.83. The molecule has 11 heteroatoms. The minimum absolute atomic E-state index is 0.0588. The number of carbonyl (C=O) groups excluding carboxylic acids is 3. The molecule has 7 nitrogen and oxygen atoms in total. The SMILES string of the molecule is O=Cc1cc2c(cc1C=O)CN(C1CCC(C(=O)N3CCC(c4cc(F)c(C5c6[nH]c7ccccc7c6CCN5CC(F)F)c(F)c4)CC3)CC1)C2. The first-order valence-corrected chi connectivity index (χ1v) is 18.4. The van der Waals surface area contributed by atoms with E-state index in [0.717, 1.165) is 78.9 Å². The van der Waals surface area contributed by atoms with Gasteiger partial charge in [-0.2, -0.15) is 0 Å². The normalized spacial score (nSPS) is 22.9. The van der Waals surface area contributed by atoms with Crippen molar-refractivity contribution in [1.29, 1.82) is 0 Å². The molecule has 1 saturated carbocycles. The molecule has 2 fully saturated rings. The van der Waals surface area contributed by atoms with Crippen LogP contribution in [0.15, 0.2) is 48.5 Å². The summed E-state index contributed by atoms with van der Waals surface area (Å²) >= 11 is 0. The van der Waals surface area contributed by atoms with Crippen molar-refractivity contribution in [2.24, 2.45) is 5.92 Å². The minimum atomic E-state index is -2.65. The number of hydrogen-bond donors (Lipinski definition) is 1. The second kappa shape index (κ2) is 14.2. The van der Waals surface area contributed by atoms with E-state index in [2.05, 4.69) is 9.88 Å². The maximum atomic E-state index is 16.1. The molecule has 272 valence electrons. The molecule has 1 atom stereocenters. The Balaban J connectivity index is 0.905. The summed E-state index contributed by atoms with van der Waals surface area (Å²) in [5, 5.41) is 0.939. The van der Waals surface area contributed by atoms with Crippen LogP contribution in [0.3, 0.4) is 0 Å². The number of piperidine rings is 1. The molecular weight excluding hydrogens is 672 g/mol. The summed E-state index contributed by atoms with van der Waals surface area (Å²) in [5.74, 6) is -1.52. The highest BCUT2D eigenvalue weighted by Gasteiger charge is 2.38. The second-order valence-corrected chi connectivity index (χ2v) is 15.0. The number of benzene rings is 3. The molecular formula is C41H42F4N4O3. The minimum Gasteiger partial charge on any atom is -0.357 e. The zero-order valence-corrected chi connectivity index (χ0v) is 28.9.